The molecule has 1 amide bonds. The molecule has 1 aliphatic rings. The van der Waals surface area contributed by atoms with Crippen LogP contribution < -0.4 is 0 Å². The molecule has 0 spiro atoms. The number of alkyl halides is 1. The van der Waals surface area contributed by atoms with Crippen molar-refractivity contribution in [1.29, 1.82) is 0 Å². The predicted molar refractivity (Wildman–Crippen MR) is 87.3 cm³/mol. The summed E-state index contributed by atoms with van der Waals surface area (Å²) in [6.45, 7) is 11.3. The normalized spacial score (nSPS) is 21.0. The Bertz CT molecular complexity index is 421. The van der Waals surface area contributed by atoms with Gasteiger partial charge >= 0.3 is 6.09 Å². The molecule has 0 unspecified atom stereocenters. The lowest BCUT2D eigenvalue weighted by Gasteiger charge is -2.35. The van der Waals surface area contributed by atoms with E-state index in [-0.39, 0.29) is 25.9 Å². The SMILES string of the molecule is CC(C)(C)OC(=O)N1CCC(F)(/C=N/[S@@+]([O-])C(C)(C)C)CC1. The lowest BCUT2D eigenvalue weighted by atomic mass is 9.95. The topological polar surface area (TPSA) is 65.0 Å². The molecular weight excluding hydrogens is 307 g/mol. The zero-order valence-electron chi connectivity index (χ0n) is 14.3. The molecule has 0 aromatic carbocycles. The maximum absolute atomic E-state index is 14.6. The Balaban J connectivity index is 2.57. The number of likely N-dealkylation sites (tertiary alicyclic amines) is 1. The highest BCUT2D eigenvalue weighted by Crippen LogP contribution is 2.27. The van der Waals surface area contributed by atoms with E-state index in [1.807, 2.05) is 0 Å². The van der Waals surface area contributed by atoms with Crippen LogP contribution in [-0.2, 0) is 16.1 Å². The molecular formula is C15H27FN2O3S. The first kappa shape index (κ1) is 19.2. The van der Waals surface area contributed by atoms with Crippen molar-refractivity contribution in [3.05, 3.63) is 0 Å². The van der Waals surface area contributed by atoms with Crippen molar-refractivity contribution in [2.75, 3.05) is 13.1 Å². The fourth-order valence-corrected chi connectivity index (χ4v) is 2.42. The molecule has 22 heavy (non-hydrogen) atoms. The second-order valence-electron chi connectivity index (χ2n) is 7.60. The van der Waals surface area contributed by atoms with Crippen molar-refractivity contribution in [2.24, 2.45) is 4.40 Å². The number of halogens is 1. The molecule has 0 aromatic rings. The van der Waals surface area contributed by atoms with E-state index in [2.05, 4.69) is 4.40 Å². The van der Waals surface area contributed by atoms with Crippen LogP contribution in [0.25, 0.3) is 0 Å². The summed E-state index contributed by atoms with van der Waals surface area (Å²) in [6.07, 6.45) is 0.999. The third-order valence-corrected chi connectivity index (χ3v) is 4.49. The van der Waals surface area contributed by atoms with E-state index in [1.54, 1.807) is 41.5 Å². The smallest absolute Gasteiger partial charge is 0.410 e. The largest absolute Gasteiger partial charge is 0.591 e. The van der Waals surface area contributed by atoms with Crippen LogP contribution in [0.15, 0.2) is 4.40 Å². The maximum Gasteiger partial charge on any atom is 0.410 e. The molecule has 1 fully saturated rings. The molecule has 7 heteroatoms. The molecule has 0 saturated carbocycles. The highest BCUT2D eigenvalue weighted by molar-refractivity contribution is 7.91. The summed E-state index contributed by atoms with van der Waals surface area (Å²) in [7, 11) is 0. The molecule has 1 rings (SSSR count). The van der Waals surface area contributed by atoms with Gasteiger partial charge in [-0.2, -0.15) is 0 Å². The van der Waals surface area contributed by atoms with E-state index < -0.39 is 33.5 Å². The Kier molecular flexibility index (Phi) is 5.89. The summed E-state index contributed by atoms with van der Waals surface area (Å²) in [4.78, 5) is 13.4. The molecule has 5 nitrogen and oxygen atoms in total. The van der Waals surface area contributed by atoms with E-state index in [9.17, 15) is 13.7 Å². The van der Waals surface area contributed by atoms with Crippen LogP contribution in [0.2, 0.25) is 0 Å². The van der Waals surface area contributed by atoms with Gasteiger partial charge < -0.3 is 14.2 Å². The van der Waals surface area contributed by atoms with E-state index in [1.165, 1.54) is 4.90 Å². The third kappa shape index (κ3) is 6.12. The van der Waals surface area contributed by atoms with Gasteiger partial charge in [-0.25, -0.2) is 9.18 Å². The van der Waals surface area contributed by atoms with Gasteiger partial charge in [0.2, 0.25) is 0 Å². The summed E-state index contributed by atoms with van der Waals surface area (Å²) >= 11 is -1.47. The summed E-state index contributed by atoms with van der Waals surface area (Å²) in [6, 6.07) is 0. The summed E-state index contributed by atoms with van der Waals surface area (Å²) < 4.78 is 35.1. The second-order valence-corrected chi connectivity index (χ2v) is 9.53. The molecule has 1 aliphatic heterocycles. The number of nitrogens with zero attached hydrogens (tertiary/aromatic N) is 2. The molecule has 0 aromatic heterocycles. The highest BCUT2D eigenvalue weighted by atomic mass is 32.2. The van der Waals surface area contributed by atoms with Gasteiger partial charge in [-0.15, -0.1) is 0 Å². The minimum absolute atomic E-state index is 0.136. The Morgan fingerprint density at radius 3 is 2.18 bits per heavy atom. The molecule has 1 saturated heterocycles. The highest BCUT2D eigenvalue weighted by Gasteiger charge is 2.37. The van der Waals surface area contributed by atoms with Crippen molar-refractivity contribution in [2.45, 2.75) is 70.4 Å². The first-order valence-corrected chi connectivity index (χ1v) is 8.57. The lowest BCUT2D eigenvalue weighted by Crippen LogP contribution is -2.47. The average Bonchev–Trinajstić information content (AvgIpc) is 2.33. The number of carbonyl (C=O) groups excluding carboxylic acids is 1. The van der Waals surface area contributed by atoms with Gasteiger partial charge in [-0.1, -0.05) is 4.40 Å². The van der Waals surface area contributed by atoms with Crippen LogP contribution in [-0.4, -0.2) is 50.9 Å². The number of amides is 1. The van der Waals surface area contributed by atoms with E-state index in [4.69, 9.17) is 4.74 Å². The van der Waals surface area contributed by atoms with E-state index in [0.717, 1.165) is 6.21 Å². The van der Waals surface area contributed by atoms with Crippen LogP contribution in [0.4, 0.5) is 9.18 Å². The molecule has 0 radical (unpaired) electrons. The standard InChI is InChI=1S/C15H27FN2O3S/c1-13(2,3)21-12(19)18-9-7-15(16,8-10-18)11-17-22(20)14(4,5)6/h11H,7-10H2,1-6H3/b17-11+/t22-/m0/s1. The minimum Gasteiger partial charge on any atom is -0.591 e. The summed E-state index contributed by atoms with van der Waals surface area (Å²) in [5, 5.41) is 0. The van der Waals surface area contributed by atoms with Crippen molar-refractivity contribution in [3.8, 4) is 0 Å². The van der Waals surface area contributed by atoms with Crippen molar-refractivity contribution in [3.63, 3.8) is 0 Å². The molecule has 1 heterocycles. The van der Waals surface area contributed by atoms with Gasteiger partial charge in [-0.3, -0.25) is 0 Å². The number of carbonyl (C=O) groups is 1. The van der Waals surface area contributed by atoms with Crippen molar-refractivity contribution in [1.82, 2.24) is 4.90 Å². The van der Waals surface area contributed by atoms with Crippen LogP contribution in [0.5, 0.6) is 0 Å². The van der Waals surface area contributed by atoms with Gasteiger partial charge in [0.25, 0.3) is 0 Å². The van der Waals surface area contributed by atoms with Crippen molar-refractivity contribution < 1.29 is 18.5 Å². The first-order chi connectivity index (χ1) is 9.82. The number of hydrogen-bond donors (Lipinski definition) is 0. The van der Waals surface area contributed by atoms with Gasteiger partial charge in [-0.05, 0) is 41.5 Å². The molecule has 1 atom stereocenters. The van der Waals surface area contributed by atoms with E-state index >= 15 is 0 Å². The van der Waals surface area contributed by atoms with Gasteiger partial charge in [0, 0.05) is 25.9 Å². The van der Waals surface area contributed by atoms with Crippen LogP contribution >= 0.6 is 0 Å². The molecule has 0 aliphatic carbocycles. The van der Waals surface area contributed by atoms with Crippen LogP contribution in [0, 0.1) is 0 Å². The quantitative estimate of drug-likeness (QED) is 0.575. The monoisotopic (exact) mass is 334 g/mol. The van der Waals surface area contributed by atoms with Gasteiger partial charge in [0.1, 0.15) is 21.7 Å². The predicted octanol–water partition coefficient (Wildman–Crippen LogP) is 3.26. The molecule has 128 valence electrons. The van der Waals surface area contributed by atoms with E-state index in [0.29, 0.717) is 0 Å². The Labute approximate surface area is 135 Å². The fraction of sp³-hybridized carbons (Fsp3) is 0.867. The number of ether oxygens (including phenoxy) is 1. The fourth-order valence-electron chi connectivity index (χ4n) is 1.82. The number of hydrogen-bond acceptors (Lipinski definition) is 4. The molecule has 0 N–H and O–H groups in total. The first-order valence-electron chi connectivity index (χ1n) is 7.46. The second kappa shape index (κ2) is 6.74. The zero-order valence-corrected chi connectivity index (χ0v) is 15.1. The van der Waals surface area contributed by atoms with Crippen LogP contribution in [0.1, 0.15) is 54.4 Å². The van der Waals surface area contributed by atoms with Gasteiger partial charge in [0.15, 0.2) is 5.67 Å². The Hall–Kier alpha value is -0.820. The zero-order chi connectivity index (χ0) is 17.2. The van der Waals surface area contributed by atoms with Crippen LogP contribution in [0.3, 0.4) is 0 Å². The lowest BCUT2D eigenvalue weighted by molar-refractivity contribution is 0.0131. The summed E-state index contributed by atoms with van der Waals surface area (Å²) in [5.74, 6) is 0. The van der Waals surface area contributed by atoms with Gasteiger partial charge in [0.05, 0.1) is 6.21 Å². The molecule has 0 bridgehead atoms. The third-order valence-electron chi connectivity index (χ3n) is 3.15. The summed E-state index contributed by atoms with van der Waals surface area (Å²) in [5.41, 5.74) is -2.17. The maximum atomic E-state index is 14.6. The Morgan fingerprint density at radius 1 is 1.27 bits per heavy atom. The number of rotatable bonds is 2. The number of piperidine rings is 1. The average molecular weight is 334 g/mol. The van der Waals surface area contributed by atoms with Crippen molar-refractivity contribution >= 4 is 23.7 Å². The Morgan fingerprint density at radius 2 is 1.77 bits per heavy atom. The minimum atomic E-state index is -1.61.